The van der Waals surface area contributed by atoms with Crippen LogP contribution in [-0.2, 0) is 16.0 Å². The monoisotopic (exact) mass is 371 g/mol. The number of benzene rings is 2. The normalized spacial score (nSPS) is 12.2. The highest BCUT2D eigenvalue weighted by atomic mass is 16.7. The van der Waals surface area contributed by atoms with Crippen LogP contribution in [0.4, 0.5) is 5.69 Å². The highest BCUT2D eigenvalue weighted by Crippen LogP contribution is 2.38. The van der Waals surface area contributed by atoms with Crippen molar-refractivity contribution in [2.75, 3.05) is 20.5 Å². The van der Waals surface area contributed by atoms with Crippen molar-refractivity contribution in [1.29, 1.82) is 0 Å². The molecule has 0 aromatic heterocycles. The van der Waals surface area contributed by atoms with Gasteiger partial charge in [-0.15, -0.1) is 0 Å². The molecule has 27 heavy (non-hydrogen) atoms. The number of rotatable bonds is 7. The molecule has 0 saturated carbocycles. The van der Waals surface area contributed by atoms with Gasteiger partial charge in [0.25, 0.3) is 5.69 Å². The molecule has 0 saturated heterocycles. The molecule has 1 aliphatic rings. The van der Waals surface area contributed by atoms with Crippen LogP contribution in [0, 0.1) is 10.1 Å². The van der Waals surface area contributed by atoms with Crippen LogP contribution in [0.15, 0.2) is 42.5 Å². The quantitative estimate of drug-likeness (QED) is 0.319. The molecule has 0 spiro atoms. The average molecular weight is 371 g/mol. The molecule has 2 aromatic rings. The maximum absolute atomic E-state index is 11.9. The first-order valence-corrected chi connectivity index (χ1v) is 8.12. The third kappa shape index (κ3) is 4.55. The van der Waals surface area contributed by atoms with Crippen LogP contribution in [0.5, 0.6) is 17.2 Å². The molecule has 0 N–H and O–H groups in total. The van der Waals surface area contributed by atoms with Gasteiger partial charge in [-0.3, -0.25) is 10.1 Å². The van der Waals surface area contributed by atoms with Crippen molar-refractivity contribution in [2.45, 2.75) is 6.42 Å². The van der Waals surface area contributed by atoms with Gasteiger partial charge in [-0.25, -0.2) is 4.79 Å². The molecule has 140 valence electrons. The van der Waals surface area contributed by atoms with E-state index in [-0.39, 0.29) is 24.7 Å². The summed E-state index contributed by atoms with van der Waals surface area (Å²) in [4.78, 5) is 22.5. The van der Waals surface area contributed by atoms with E-state index in [2.05, 4.69) is 0 Å². The molecule has 0 amide bonds. The first-order chi connectivity index (χ1) is 13.1. The number of fused-ring (bicyclic) bond motifs is 1. The molecule has 2 aromatic carbocycles. The molecule has 0 radical (unpaired) electrons. The number of carbonyl (C=O) groups excluding carboxylic acids is 1. The molecule has 0 bridgehead atoms. The van der Waals surface area contributed by atoms with E-state index in [4.69, 9.17) is 18.9 Å². The van der Waals surface area contributed by atoms with E-state index in [0.29, 0.717) is 17.9 Å². The van der Waals surface area contributed by atoms with Gasteiger partial charge in [0, 0.05) is 12.5 Å². The van der Waals surface area contributed by atoms with Crippen LogP contribution in [0.25, 0.3) is 6.08 Å². The maximum Gasteiger partial charge on any atom is 0.330 e. The minimum Gasteiger partial charge on any atom is -0.497 e. The fourth-order valence-electron chi connectivity index (χ4n) is 2.51. The molecule has 0 unspecified atom stereocenters. The Morgan fingerprint density at radius 1 is 1.22 bits per heavy atom. The third-order valence-electron chi connectivity index (χ3n) is 3.91. The Hall–Kier alpha value is -3.55. The Bertz CT molecular complexity index is 874. The molecule has 1 aliphatic heterocycles. The predicted molar refractivity (Wildman–Crippen MR) is 95.9 cm³/mol. The zero-order chi connectivity index (χ0) is 19.2. The van der Waals surface area contributed by atoms with E-state index < -0.39 is 10.9 Å². The molecular formula is C19H17NO7. The highest BCUT2D eigenvalue weighted by Gasteiger charge is 2.22. The lowest BCUT2D eigenvalue weighted by Gasteiger charge is -2.04. The first kappa shape index (κ1) is 18.2. The van der Waals surface area contributed by atoms with Gasteiger partial charge in [-0.1, -0.05) is 12.1 Å². The summed E-state index contributed by atoms with van der Waals surface area (Å²) in [6.45, 7) is 0.200. The van der Waals surface area contributed by atoms with Gasteiger partial charge in [0.1, 0.15) is 5.75 Å². The summed E-state index contributed by atoms with van der Waals surface area (Å²) in [5, 5.41) is 11.2. The van der Waals surface area contributed by atoms with E-state index in [1.807, 2.05) is 24.3 Å². The zero-order valence-corrected chi connectivity index (χ0v) is 14.5. The number of nitro groups is 1. The van der Waals surface area contributed by atoms with Gasteiger partial charge in [0.15, 0.2) is 11.5 Å². The van der Waals surface area contributed by atoms with E-state index in [0.717, 1.165) is 17.4 Å². The number of hydrogen-bond donors (Lipinski definition) is 0. The van der Waals surface area contributed by atoms with Crippen LogP contribution in [-0.4, -0.2) is 31.4 Å². The molecule has 8 nitrogen and oxygen atoms in total. The van der Waals surface area contributed by atoms with Gasteiger partial charge in [0.2, 0.25) is 6.79 Å². The molecule has 1 heterocycles. The number of ether oxygens (including phenoxy) is 4. The summed E-state index contributed by atoms with van der Waals surface area (Å²) in [6.07, 6.45) is 3.03. The largest absolute Gasteiger partial charge is 0.497 e. The van der Waals surface area contributed by atoms with Crippen LogP contribution < -0.4 is 14.2 Å². The number of nitro benzene ring substituents is 1. The van der Waals surface area contributed by atoms with Crippen molar-refractivity contribution in [3.8, 4) is 17.2 Å². The second-order valence-corrected chi connectivity index (χ2v) is 5.62. The number of nitrogens with zero attached hydrogens (tertiary/aromatic N) is 1. The summed E-state index contributed by atoms with van der Waals surface area (Å²) < 4.78 is 20.6. The molecule has 3 rings (SSSR count). The number of esters is 1. The number of carbonyl (C=O) groups is 1. The minimum atomic E-state index is -0.588. The Morgan fingerprint density at radius 2 is 1.93 bits per heavy atom. The van der Waals surface area contributed by atoms with Gasteiger partial charge >= 0.3 is 5.97 Å². The second-order valence-electron chi connectivity index (χ2n) is 5.62. The lowest BCUT2D eigenvalue weighted by atomic mass is 10.1. The Kier molecular flexibility index (Phi) is 5.55. The van der Waals surface area contributed by atoms with Gasteiger partial charge in [0.05, 0.1) is 30.3 Å². The number of hydrogen-bond acceptors (Lipinski definition) is 7. The van der Waals surface area contributed by atoms with Crippen LogP contribution in [0.1, 0.15) is 11.1 Å². The minimum absolute atomic E-state index is 0.00700. The van der Waals surface area contributed by atoms with E-state index in [9.17, 15) is 14.9 Å². The van der Waals surface area contributed by atoms with Gasteiger partial charge in [-0.2, -0.15) is 0 Å². The Morgan fingerprint density at radius 3 is 2.59 bits per heavy atom. The summed E-state index contributed by atoms with van der Waals surface area (Å²) in [7, 11) is 1.59. The SMILES string of the molecule is COc1ccc(CCOC(=O)/C=C/c2cc3c(cc2[N+](=O)[O-])OCO3)cc1. The summed E-state index contributed by atoms with van der Waals surface area (Å²) in [5.41, 5.74) is 1.05. The van der Waals surface area contributed by atoms with Crippen molar-refractivity contribution in [3.05, 3.63) is 63.7 Å². The maximum atomic E-state index is 11.9. The van der Waals surface area contributed by atoms with Crippen molar-refractivity contribution in [2.24, 2.45) is 0 Å². The van der Waals surface area contributed by atoms with Crippen molar-refractivity contribution < 1.29 is 28.7 Å². The van der Waals surface area contributed by atoms with Crippen molar-refractivity contribution in [1.82, 2.24) is 0 Å². The molecular weight excluding hydrogens is 354 g/mol. The fraction of sp³-hybridized carbons (Fsp3) is 0.211. The molecule has 8 heteroatoms. The van der Waals surface area contributed by atoms with Crippen LogP contribution in [0.3, 0.4) is 0 Å². The van der Waals surface area contributed by atoms with Gasteiger partial charge in [-0.05, 0) is 29.8 Å². The Labute approximate surface area is 155 Å². The average Bonchev–Trinajstić information content (AvgIpc) is 3.13. The third-order valence-corrected chi connectivity index (χ3v) is 3.91. The Balaban J connectivity index is 1.58. The summed E-state index contributed by atoms with van der Waals surface area (Å²) in [6, 6.07) is 10.2. The topological polar surface area (TPSA) is 97.1 Å². The van der Waals surface area contributed by atoms with Crippen molar-refractivity contribution >= 4 is 17.7 Å². The van der Waals surface area contributed by atoms with Gasteiger partial charge < -0.3 is 18.9 Å². The fourth-order valence-corrected chi connectivity index (χ4v) is 2.51. The smallest absolute Gasteiger partial charge is 0.330 e. The molecule has 0 fully saturated rings. The molecule has 0 atom stereocenters. The summed E-state index contributed by atoms with van der Waals surface area (Å²) >= 11 is 0. The summed E-state index contributed by atoms with van der Waals surface area (Å²) in [5.74, 6) is 0.869. The lowest BCUT2D eigenvalue weighted by Crippen LogP contribution is -2.04. The van der Waals surface area contributed by atoms with Crippen molar-refractivity contribution in [3.63, 3.8) is 0 Å². The van der Waals surface area contributed by atoms with Crippen LogP contribution >= 0.6 is 0 Å². The zero-order valence-electron chi connectivity index (χ0n) is 14.5. The highest BCUT2D eigenvalue weighted by molar-refractivity contribution is 5.88. The van der Waals surface area contributed by atoms with E-state index in [1.54, 1.807) is 7.11 Å². The molecule has 0 aliphatic carbocycles. The van der Waals surface area contributed by atoms with E-state index >= 15 is 0 Å². The van der Waals surface area contributed by atoms with Crippen LogP contribution in [0.2, 0.25) is 0 Å². The second kappa shape index (κ2) is 8.22. The number of methoxy groups -OCH3 is 1. The van der Waals surface area contributed by atoms with E-state index in [1.165, 1.54) is 18.2 Å². The lowest BCUT2D eigenvalue weighted by molar-refractivity contribution is -0.385. The predicted octanol–water partition coefficient (Wildman–Crippen LogP) is 3.13. The standard InChI is InChI=1S/C19H17NO7/c1-24-15-5-2-13(3-6-15)8-9-25-19(21)7-4-14-10-17-18(27-12-26-17)11-16(14)20(22)23/h2-7,10-11H,8-9,12H2,1H3/b7-4+. The first-order valence-electron chi connectivity index (χ1n) is 8.12.